The van der Waals surface area contributed by atoms with Crippen molar-refractivity contribution in [2.24, 2.45) is 11.8 Å². The van der Waals surface area contributed by atoms with Gasteiger partial charge in [-0.3, -0.25) is 0 Å². The third kappa shape index (κ3) is 3.21. The molecule has 0 bridgehead atoms. The summed E-state index contributed by atoms with van der Waals surface area (Å²) in [6.07, 6.45) is 0. The molecule has 1 fully saturated rings. The summed E-state index contributed by atoms with van der Waals surface area (Å²) in [4.78, 5) is 0. The summed E-state index contributed by atoms with van der Waals surface area (Å²) in [5.74, 6) is 0.134. The summed E-state index contributed by atoms with van der Waals surface area (Å²) in [5.41, 5.74) is 1.48. The molecule has 1 aliphatic rings. The van der Waals surface area contributed by atoms with Crippen molar-refractivity contribution >= 4 is 23.2 Å². The van der Waals surface area contributed by atoms with Crippen LogP contribution < -0.4 is 5.32 Å². The summed E-state index contributed by atoms with van der Waals surface area (Å²) < 4.78 is 0. The minimum absolute atomic E-state index is 0.0501. The van der Waals surface area contributed by atoms with Crippen LogP contribution in [0.3, 0.4) is 0 Å². The van der Waals surface area contributed by atoms with Gasteiger partial charge in [0.05, 0.1) is 5.60 Å². The lowest BCUT2D eigenvalue weighted by Crippen LogP contribution is -2.56. The highest BCUT2D eigenvalue weighted by Gasteiger charge is 2.48. The number of hydrogen-bond acceptors (Lipinski definition) is 2. The van der Waals surface area contributed by atoms with Crippen LogP contribution in [0.25, 0.3) is 0 Å². The van der Waals surface area contributed by atoms with Gasteiger partial charge in [-0.1, -0.05) is 61.3 Å². The Hall–Kier alpha value is -1.06. The fourth-order valence-corrected chi connectivity index (χ4v) is 3.93. The first-order chi connectivity index (χ1) is 11.3. The van der Waals surface area contributed by atoms with E-state index in [1.807, 2.05) is 55.5 Å². The molecule has 1 aliphatic heterocycles. The van der Waals surface area contributed by atoms with Crippen LogP contribution >= 0.6 is 23.2 Å². The maximum Gasteiger partial charge on any atom is 0.0706 e. The summed E-state index contributed by atoms with van der Waals surface area (Å²) in [6.45, 7) is 6.14. The lowest BCUT2D eigenvalue weighted by molar-refractivity contribution is -0.0960. The standard InChI is InChI=1S/C20H23Cl2NO/c1-12-18(14-4-8-16(21)9-5-14)23-19(13(2)20(12,3)24)15-6-10-17(22)11-7-15/h4-13,18-19,23-24H,1-3H3/t12-,13-,18-,19-/m1/s1. The van der Waals surface area contributed by atoms with Gasteiger partial charge >= 0.3 is 0 Å². The quantitative estimate of drug-likeness (QED) is 0.748. The molecule has 1 heterocycles. The fourth-order valence-electron chi connectivity index (χ4n) is 3.68. The topological polar surface area (TPSA) is 32.3 Å². The highest BCUT2D eigenvalue weighted by molar-refractivity contribution is 6.30. The summed E-state index contributed by atoms with van der Waals surface area (Å²) in [7, 11) is 0. The van der Waals surface area contributed by atoms with Gasteiger partial charge in [-0.05, 0) is 42.3 Å². The molecule has 0 aliphatic carbocycles. The van der Waals surface area contributed by atoms with E-state index < -0.39 is 5.60 Å². The molecule has 0 radical (unpaired) electrons. The van der Waals surface area contributed by atoms with Crippen molar-refractivity contribution in [1.82, 2.24) is 5.32 Å². The molecule has 1 saturated heterocycles. The van der Waals surface area contributed by atoms with E-state index in [2.05, 4.69) is 19.2 Å². The zero-order valence-corrected chi connectivity index (χ0v) is 15.6. The molecule has 2 aromatic carbocycles. The average Bonchev–Trinajstić information content (AvgIpc) is 2.56. The molecule has 4 atom stereocenters. The van der Waals surface area contributed by atoms with E-state index >= 15 is 0 Å². The number of nitrogens with one attached hydrogen (secondary N) is 1. The molecule has 2 nitrogen and oxygen atoms in total. The molecule has 0 aromatic heterocycles. The summed E-state index contributed by atoms with van der Waals surface area (Å²) in [6, 6.07) is 15.8. The first kappa shape index (κ1) is 17.8. The Morgan fingerprint density at radius 3 is 1.46 bits per heavy atom. The van der Waals surface area contributed by atoms with Crippen molar-refractivity contribution in [3.8, 4) is 0 Å². The van der Waals surface area contributed by atoms with Crippen molar-refractivity contribution < 1.29 is 5.11 Å². The molecular formula is C20H23Cl2NO. The van der Waals surface area contributed by atoms with Crippen LogP contribution in [0, 0.1) is 11.8 Å². The van der Waals surface area contributed by atoms with Gasteiger partial charge in [0.2, 0.25) is 0 Å². The van der Waals surface area contributed by atoms with Crippen molar-refractivity contribution in [3.63, 3.8) is 0 Å². The summed E-state index contributed by atoms with van der Waals surface area (Å²) >= 11 is 12.0. The lowest BCUT2D eigenvalue weighted by Gasteiger charge is -2.50. The molecule has 0 spiro atoms. The summed E-state index contributed by atoms with van der Waals surface area (Å²) in [5, 5.41) is 16.4. The van der Waals surface area contributed by atoms with E-state index in [9.17, 15) is 5.11 Å². The second-order valence-electron chi connectivity index (χ2n) is 7.03. The molecule has 0 saturated carbocycles. The van der Waals surface area contributed by atoms with Crippen LogP contribution in [0.2, 0.25) is 10.0 Å². The van der Waals surface area contributed by atoms with Gasteiger partial charge < -0.3 is 10.4 Å². The highest BCUT2D eigenvalue weighted by Crippen LogP contribution is 2.46. The van der Waals surface area contributed by atoms with Crippen molar-refractivity contribution in [1.29, 1.82) is 0 Å². The Morgan fingerprint density at radius 1 is 0.792 bits per heavy atom. The van der Waals surface area contributed by atoms with Gasteiger partial charge in [0.1, 0.15) is 0 Å². The van der Waals surface area contributed by atoms with E-state index in [4.69, 9.17) is 23.2 Å². The predicted molar refractivity (Wildman–Crippen MR) is 100 cm³/mol. The smallest absolute Gasteiger partial charge is 0.0706 e. The predicted octanol–water partition coefficient (Wildman–Crippen LogP) is 5.40. The molecule has 3 rings (SSSR count). The Kier molecular flexibility index (Phi) is 4.94. The molecule has 4 heteroatoms. The fraction of sp³-hybridized carbons (Fsp3) is 0.400. The van der Waals surface area contributed by atoms with Crippen molar-refractivity contribution in [2.45, 2.75) is 38.5 Å². The number of rotatable bonds is 2. The van der Waals surface area contributed by atoms with Gasteiger partial charge in [0, 0.05) is 34.0 Å². The van der Waals surface area contributed by atoms with Crippen molar-refractivity contribution in [3.05, 3.63) is 69.7 Å². The number of hydrogen-bond donors (Lipinski definition) is 2. The van der Waals surface area contributed by atoms with Gasteiger partial charge in [-0.15, -0.1) is 0 Å². The molecule has 128 valence electrons. The highest BCUT2D eigenvalue weighted by atomic mass is 35.5. The monoisotopic (exact) mass is 363 g/mol. The van der Waals surface area contributed by atoms with E-state index in [1.165, 1.54) is 0 Å². The number of piperidine rings is 1. The zero-order chi connectivity index (χ0) is 17.5. The van der Waals surface area contributed by atoms with Crippen LogP contribution in [-0.2, 0) is 0 Å². The zero-order valence-electron chi connectivity index (χ0n) is 14.1. The van der Waals surface area contributed by atoms with Gasteiger partial charge in [-0.25, -0.2) is 0 Å². The SMILES string of the molecule is C[C@@H]1[C@H](c2ccc(Cl)cc2)N[C@@H](c2ccc(Cl)cc2)[C@@H](C)C1(C)O. The van der Waals surface area contributed by atoms with Crippen molar-refractivity contribution in [2.75, 3.05) is 0 Å². The minimum Gasteiger partial charge on any atom is -0.389 e. The number of halogens is 2. The van der Waals surface area contributed by atoms with Crippen LogP contribution in [0.15, 0.2) is 48.5 Å². The van der Waals surface area contributed by atoms with Gasteiger partial charge in [0.25, 0.3) is 0 Å². The minimum atomic E-state index is -0.792. The molecule has 2 aromatic rings. The lowest BCUT2D eigenvalue weighted by atomic mass is 9.67. The normalized spacial score (nSPS) is 33.4. The van der Waals surface area contributed by atoms with E-state index in [0.717, 1.165) is 21.2 Å². The van der Waals surface area contributed by atoms with E-state index in [0.29, 0.717) is 0 Å². The number of benzene rings is 2. The Labute approximate surface area is 153 Å². The third-order valence-corrected chi connectivity index (χ3v) is 6.17. The Bertz CT molecular complexity index is 637. The molecule has 0 unspecified atom stereocenters. The van der Waals surface area contributed by atoms with Crippen LogP contribution in [0.1, 0.15) is 44.0 Å². The van der Waals surface area contributed by atoms with Gasteiger partial charge in [-0.2, -0.15) is 0 Å². The Morgan fingerprint density at radius 2 is 1.12 bits per heavy atom. The largest absolute Gasteiger partial charge is 0.389 e. The van der Waals surface area contributed by atoms with Crippen LogP contribution in [-0.4, -0.2) is 10.7 Å². The molecule has 0 amide bonds. The van der Waals surface area contributed by atoms with E-state index in [-0.39, 0.29) is 23.9 Å². The maximum absolute atomic E-state index is 11.2. The first-order valence-electron chi connectivity index (χ1n) is 8.30. The van der Waals surface area contributed by atoms with Crippen LogP contribution in [0.4, 0.5) is 0 Å². The number of aliphatic hydroxyl groups is 1. The third-order valence-electron chi connectivity index (χ3n) is 5.66. The maximum atomic E-state index is 11.2. The van der Waals surface area contributed by atoms with E-state index in [1.54, 1.807) is 0 Å². The second-order valence-corrected chi connectivity index (χ2v) is 7.90. The van der Waals surface area contributed by atoms with Crippen LogP contribution in [0.5, 0.6) is 0 Å². The molecular weight excluding hydrogens is 341 g/mol. The molecule has 2 N–H and O–H groups in total. The first-order valence-corrected chi connectivity index (χ1v) is 9.05. The van der Waals surface area contributed by atoms with Gasteiger partial charge in [0.15, 0.2) is 0 Å². The average molecular weight is 364 g/mol. The second kappa shape index (κ2) is 6.68. The Balaban J connectivity index is 1.98. The molecule has 24 heavy (non-hydrogen) atoms.